The molecule has 1 aromatic heterocycles. The van der Waals surface area contributed by atoms with E-state index in [9.17, 15) is 19.8 Å². The normalized spacial score (nSPS) is 10.7. The molecule has 0 spiro atoms. The van der Waals surface area contributed by atoms with Gasteiger partial charge in [0, 0.05) is 11.6 Å². The molecule has 2 aromatic rings. The number of ketones is 1. The number of carbonyl (C=O) groups is 2. The van der Waals surface area contributed by atoms with Crippen LogP contribution in [0.25, 0.3) is 5.69 Å². The lowest BCUT2D eigenvalue weighted by atomic mass is 10.1. The third-order valence-electron chi connectivity index (χ3n) is 3.66. The van der Waals surface area contributed by atoms with E-state index in [1.54, 1.807) is 18.2 Å². The number of hydrogen-bond acceptors (Lipinski definition) is 7. The van der Waals surface area contributed by atoms with Crippen molar-refractivity contribution in [3.8, 4) is 17.4 Å². The maximum Gasteiger partial charge on any atom is 0.317 e. The van der Waals surface area contributed by atoms with Crippen LogP contribution in [0.1, 0.15) is 23.2 Å². The number of Topliss-reactive ketones (excluding diaryl/α,β-unsaturated/α-hetero) is 1. The van der Waals surface area contributed by atoms with Crippen LogP contribution in [0.4, 0.5) is 0 Å². The van der Waals surface area contributed by atoms with Gasteiger partial charge in [-0.2, -0.15) is 0 Å². The van der Waals surface area contributed by atoms with Gasteiger partial charge in [-0.1, -0.05) is 12.1 Å². The number of aromatic hydroxyl groups is 2. The number of aromatic nitrogens is 1. The first-order chi connectivity index (χ1) is 12.9. The first-order valence-corrected chi connectivity index (χ1v) is 9.24. The molecule has 2 rings (SSSR count). The largest absolute Gasteiger partial charge is 0.494 e. The lowest BCUT2D eigenvalue weighted by Gasteiger charge is -2.09. The van der Waals surface area contributed by atoms with Gasteiger partial charge in [0.15, 0.2) is 11.7 Å². The monoisotopic (exact) mass is 391 g/mol. The fourth-order valence-electron chi connectivity index (χ4n) is 2.40. The van der Waals surface area contributed by atoms with Crippen molar-refractivity contribution in [1.82, 2.24) is 9.88 Å². The molecule has 9 heteroatoms. The fraction of sp³-hybridized carbons (Fsp3) is 0.278. The minimum absolute atomic E-state index is 0.124. The summed E-state index contributed by atoms with van der Waals surface area (Å²) in [5, 5.41) is 38.8. The molecule has 0 bridgehead atoms. The van der Waals surface area contributed by atoms with E-state index in [0.29, 0.717) is 28.3 Å². The minimum Gasteiger partial charge on any atom is -0.494 e. The number of rotatable bonds is 11. The summed E-state index contributed by atoms with van der Waals surface area (Å²) in [5.74, 6) is -0.938. The molecule has 1 aromatic carbocycles. The van der Waals surface area contributed by atoms with Gasteiger partial charge in [-0.05, 0) is 36.9 Å². The highest BCUT2D eigenvalue weighted by atomic mass is 32.2. The third-order valence-corrected chi connectivity index (χ3v) is 4.76. The Morgan fingerprint density at radius 3 is 2.70 bits per heavy atom. The van der Waals surface area contributed by atoms with Crippen molar-refractivity contribution in [3.63, 3.8) is 0 Å². The van der Waals surface area contributed by atoms with Crippen LogP contribution in [0, 0.1) is 5.41 Å². The van der Waals surface area contributed by atoms with Crippen molar-refractivity contribution in [1.29, 1.82) is 5.41 Å². The Kier molecular flexibility index (Phi) is 7.44. The molecule has 5 N–H and O–H groups in total. The van der Waals surface area contributed by atoms with Gasteiger partial charge >= 0.3 is 5.97 Å². The molecule has 0 unspecified atom stereocenters. The van der Waals surface area contributed by atoms with Crippen molar-refractivity contribution >= 4 is 29.7 Å². The van der Waals surface area contributed by atoms with Gasteiger partial charge in [0.2, 0.25) is 5.88 Å². The maximum absolute atomic E-state index is 12.2. The van der Waals surface area contributed by atoms with E-state index < -0.39 is 5.97 Å². The average molecular weight is 391 g/mol. The number of nitrogens with zero attached hydrogens (tertiary/aromatic N) is 1. The Bertz CT molecular complexity index is 834. The molecule has 0 saturated carbocycles. The van der Waals surface area contributed by atoms with E-state index in [2.05, 4.69) is 5.32 Å². The molecule has 0 aliphatic rings. The van der Waals surface area contributed by atoms with Gasteiger partial charge < -0.3 is 20.7 Å². The summed E-state index contributed by atoms with van der Waals surface area (Å²) in [6, 6.07) is 7.82. The third kappa shape index (κ3) is 5.60. The van der Waals surface area contributed by atoms with Gasteiger partial charge in [-0.3, -0.25) is 19.5 Å². The van der Waals surface area contributed by atoms with Crippen LogP contribution in [0.2, 0.25) is 0 Å². The fourth-order valence-corrected chi connectivity index (χ4v) is 3.34. The standard InChI is InChI=1S/C18H21N3O5S/c19-6-1-2-7-27-15-9-16(23)21(18(15)26)13-5-3-4-12(8-13)14(22)10-20-11-17(24)25/h3-6,8-9,19-20,23,26H,1-2,7,10-11H2,(H,24,25). The van der Waals surface area contributed by atoms with Gasteiger partial charge in [-0.25, -0.2) is 0 Å². The van der Waals surface area contributed by atoms with Crippen LogP contribution in [-0.2, 0) is 4.79 Å². The topological polar surface area (TPSA) is 136 Å². The molecule has 0 saturated heterocycles. The summed E-state index contributed by atoms with van der Waals surface area (Å²) in [6.45, 7) is -0.448. The van der Waals surface area contributed by atoms with Crippen LogP contribution in [-0.4, -0.2) is 56.7 Å². The zero-order valence-corrected chi connectivity index (χ0v) is 15.3. The second-order valence-corrected chi connectivity index (χ2v) is 6.83. The molecule has 0 fully saturated rings. The summed E-state index contributed by atoms with van der Waals surface area (Å²) < 4.78 is 1.24. The van der Waals surface area contributed by atoms with Crippen molar-refractivity contribution in [2.24, 2.45) is 0 Å². The van der Waals surface area contributed by atoms with Gasteiger partial charge in [0.05, 0.1) is 23.7 Å². The summed E-state index contributed by atoms with van der Waals surface area (Å²) in [7, 11) is 0. The van der Waals surface area contributed by atoms with Crippen molar-refractivity contribution in [3.05, 3.63) is 35.9 Å². The van der Waals surface area contributed by atoms with Gasteiger partial charge in [-0.15, -0.1) is 11.8 Å². The van der Waals surface area contributed by atoms with E-state index in [0.717, 1.165) is 6.42 Å². The molecule has 8 nitrogen and oxygen atoms in total. The lowest BCUT2D eigenvalue weighted by molar-refractivity contribution is -0.135. The number of benzene rings is 1. The van der Waals surface area contributed by atoms with E-state index >= 15 is 0 Å². The number of thioether (sulfide) groups is 1. The Balaban J connectivity index is 2.16. The molecule has 0 aliphatic heterocycles. The first-order valence-electron chi connectivity index (χ1n) is 8.25. The Morgan fingerprint density at radius 1 is 1.22 bits per heavy atom. The van der Waals surface area contributed by atoms with Crippen molar-refractivity contribution in [2.75, 3.05) is 18.8 Å². The highest BCUT2D eigenvalue weighted by molar-refractivity contribution is 7.99. The number of unbranched alkanes of at least 4 members (excludes halogenated alkanes) is 1. The molecule has 0 aliphatic carbocycles. The Labute approximate surface area is 160 Å². The molecular formula is C18H21N3O5S. The molecule has 0 atom stereocenters. The predicted molar refractivity (Wildman–Crippen MR) is 103 cm³/mol. The average Bonchev–Trinajstić information content (AvgIpc) is 2.92. The van der Waals surface area contributed by atoms with Crippen LogP contribution in [0.3, 0.4) is 0 Å². The zero-order valence-electron chi connectivity index (χ0n) is 14.5. The summed E-state index contributed by atoms with van der Waals surface area (Å²) in [5.41, 5.74) is 0.749. The zero-order chi connectivity index (χ0) is 19.8. The SMILES string of the molecule is N=CCCCSc1cc(O)n(-c2cccc(C(=O)CNCC(=O)O)c2)c1O. The summed E-state index contributed by atoms with van der Waals surface area (Å²) in [6.07, 6.45) is 2.77. The number of aliphatic carboxylic acids is 1. The maximum atomic E-state index is 12.2. The highest BCUT2D eigenvalue weighted by Gasteiger charge is 2.17. The van der Waals surface area contributed by atoms with E-state index in [1.807, 2.05) is 0 Å². The smallest absolute Gasteiger partial charge is 0.317 e. The Morgan fingerprint density at radius 2 is 2.00 bits per heavy atom. The van der Waals surface area contributed by atoms with Gasteiger partial charge in [0.1, 0.15) is 0 Å². The second kappa shape index (κ2) is 9.79. The van der Waals surface area contributed by atoms with Crippen molar-refractivity contribution < 1.29 is 24.9 Å². The van der Waals surface area contributed by atoms with Crippen LogP contribution >= 0.6 is 11.8 Å². The highest BCUT2D eigenvalue weighted by Crippen LogP contribution is 2.38. The van der Waals surface area contributed by atoms with Crippen LogP contribution < -0.4 is 5.32 Å². The van der Waals surface area contributed by atoms with E-state index in [1.165, 1.54) is 34.7 Å². The quantitative estimate of drug-likeness (QED) is 0.172. The summed E-state index contributed by atoms with van der Waals surface area (Å²) >= 11 is 1.37. The molecule has 1 heterocycles. The first kappa shape index (κ1) is 20.5. The molecule has 144 valence electrons. The van der Waals surface area contributed by atoms with Crippen molar-refractivity contribution in [2.45, 2.75) is 17.7 Å². The van der Waals surface area contributed by atoms with E-state index in [-0.39, 0.29) is 30.6 Å². The predicted octanol–water partition coefficient (Wildman–Crippen LogP) is 2.27. The molecule has 0 amide bonds. The number of carbonyl (C=O) groups excluding carboxylic acids is 1. The van der Waals surface area contributed by atoms with Crippen LogP contribution in [0.15, 0.2) is 35.2 Å². The molecule has 0 radical (unpaired) electrons. The second-order valence-electron chi connectivity index (χ2n) is 5.69. The van der Waals surface area contributed by atoms with Crippen LogP contribution in [0.5, 0.6) is 11.8 Å². The number of carboxylic acid groups (broad SMARTS) is 1. The number of carboxylic acids is 1. The molecular weight excluding hydrogens is 370 g/mol. The summed E-state index contributed by atoms with van der Waals surface area (Å²) in [4.78, 5) is 23.2. The van der Waals surface area contributed by atoms with Gasteiger partial charge in [0.25, 0.3) is 0 Å². The van der Waals surface area contributed by atoms with E-state index in [4.69, 9.17) is 10.5 Å². The lowest BCUT2D eigenvalue weighted by Crippen LogP contribution is -2.28. The Hall–Kier alpha value is -2.78. The number of hydrogen-bond donors (Lipinski definition) is 5. The number of nitrogens with one attached hydrogen (secondary N) is 2. The minimum atomic E-state index is -1.05. The molecule has 27 heavy (non-hydrogen) atoms.